The van der Waals surface area contributed by atoms with Crippen molar-refractivity contribution in [3.05, 3.63) is 18.3 Å². The van der Waals surface area contributed by atoms with E-state index in [1.807, 2.05) is 12.1 Å². The average molecular weight is 207 g/mol. The lowest BCUT2D eigenvalue weighted by Crippen LogP contribution is -2.47. The first kappa shape index (κ1) is 10.2. The summed E-state index contributed by atoms with van der Waals surface area (Å²) in [7, 11) is 2.13. The summed E-state index contributed by atoms with van der Waals surface area (Å²) < 4.78 is 0. The molecule has 0 aromatic carbocycles. The molecule has 1 aliphatic rings. The fourth-order valence-electron chi connectivity index (χ4n) is 1.58. The summed E-state index contributed by atoms with van der Waals surface area (Å²) >= 11 is 0. The van der Waals surface area contributed by atoms with Gasteiger partial charge in [0.2, 0.25) is 0 Å². The van der Waals surface area contributed by atoms with Crippen LogP contribution in [0.1, 0.15) is 0 Å². The summed E-state index contributed by atoms with van der Waals surface area (Å²) in [6.45, 7) is 4.12. The molecule has 1 fully saturated rings. The highest BCUT2D eigenvalue weighted by Crippen LogP contribution is 2.14. The first-order valence-corrected chi connectivity index (χ1v) is 5.16. The lowest BCUT2D eigenvalue weighted by molar-refractivity contribution is 0.178. The first-order chi connectivity index (χ1) is 7.25. The number of nitrogen functional groups attached to an aromatic ring is 1. The fraction of sp³-hybridized carbons (Fsp3) is 0.500. The van der Waals surface area contributed by atoms with Crippen molar-refractivity contribution >= 4 is 11.5 Å². The average Bonchev–Trinajstić information content (AvgIpc) is 2.25. The largest absolute Gasteiger partial charge is 0.396 e. The minimum atomic E-state index is 0.691. The molecule has 0 spiro atoms. The molecule has 1 aromatic heterocycles. The molecular formula is C10H17N5. The van der Waals surface area contributed by atoms with Gasteiger partial charge in [0.1, 0.15) is 0 Å². The van der Waals surface area contributed by atoms with E-state index in [-0.39, 0.29) is 0 Å². The Hall–Kier alpha value is -1.33. The van der Waals surface area contributed by atoms with Crippen LogP contribution in [0.2, 0.25) is 0 Å². The second-order valence-corrected chi connectivity index (χ2v) is 3.84. The van der Waals surface area contributed by atoms with Gasteiger partial charge in [0.05, 0.1) is 5.69 Å². The van der Waals surface area contributed by atoms with E-state index in [0.29, 0.717) is 5.69 Å². The molecule has 82 valence electrons. The van der Waals surface area contributed by atoms with Crippen LogP contribution in [0.3, 0.4) is 0 Å². The third-order valence-corrected chi connectivity index (χ3v) is 2.61. The predicted octanol–water partition coefficient (Wildman–Crippen LogP) is 0.238. The van der Waals surface area contributed by atoms with E-state index in [0.717, 1.165) is 32.0 Å². The number of piperazine rings is 1. The van der Waals surface area contributed by atoms with Crippen LogP contribution in [-0.4, -0.2) is 48.1 Å². The van der Waals surface area contributed by atoms with Gasteiger partial charge in [-0.15, -0.1) is 0 Å². The number of hydrazine groups is 1. The van der Waals surface area contributed by atoms with Crippen molar-refractivity contribution in [3.63, 3.8) is 0 Å². The molecule has 0 amide bonds. The number of anilines is 2. The Bertz CT molecular complexity index is 319. The summed E-state index contributed by atoms with van der Waals surface area (Å²) in [6, 6.07) is 3.69. The van der Waals surface area contributed by atoms with E-state index >= 15 is 0 Å². The lowest BCUT2D eigenvalue weighted by Gasteiger charge is -2.32. The van der Waals surface area contributed by atoms with Crippen LogP contribution in [0, 0.1) is 0 Å². The number of nitrogens with zero attached hydrogens (tertiary/aromatic N) is 3. The third kappa shape index (κ3) is 2.57. The summed E-state index contributed by atoms with van der Waals surface area (Å²) in [5.41, 5.74) is 9.73. The van der Waals surface area contributed by atoms with Crippen LogP contribution in [0.4, 0.5) is 11.5 Å². The molecule has 0 bridgehead atoms. The van der Waals surface area contributed by atoms with Crippen molar-refractivity contribution in [2.24, 2.45) is 0 Å². The Balaban J connectivity index is 1.95. The molecule has 0 atom stereocenters. The highest BCUT2D eigenvalue weighted by atomic mass is 15.5. The third-order valence-electron chi connectivity index (χ3n) is 2.61. The number of hydrogen-bond donors (Lipinski definition) is 2. The Morgan fingerprint density at radius 1 is 1.33 bits per heavy atom. The molecule has 15 heavy (non-hydrogen) atoms. The molecule has 1 aromatic rings. The van der Waals surface area contributed by atoms with Gasteiger partial charge in [-0.1, -0.05) is 0 Å². The molecule has 0 radical (unpaired) electrons. The quantitative estimate of drug-likeness (QED) is 0.727. The van der Waals surface area contributed by atoms with E-state index in [9.17, 15) is 0 Å². The predicted molar refractivity (Wildman–Crippen MR) is 61.3 cm³/mol. The highest BCUT2D eigenvalue weighted by Gasteiger charge is 2.14. The topological polar surface area (TPSA) is 57.4 Å². The SMILES string of the molecule is CN1CCN(Nc2ncccc2N)CC1. The Morgan fingerprint density at radius 2 is 2.07 bits per heavy atom. The number of hydrogen-bond acceptors (Lipinski definition) is 5. The van der Waals surface area contributed by atoms with Gasteiger partial charge in [0.15, 0.2) is 5.82 Å². The van der Waals surface area contributed by atoms with Crippen molar-refractivity contribution < 1.29 is 0 Å². The van der Waals surface area contributed by atoms with Gasteiger partial charge in [-0.3, -0.25) is 0 Å². The maximum Gasteiger partial charge on any atom is 0.163 e. The van der Waals surface area contributed by atoms with Crippen LogP contribution in [0.5, 0.6) is 0 Å². The molecule has 1 aliphatic heterocycles. The van der Waals surface area contributed by atoms with Gasteiger partial charge >= 0.3 is 0 Å². The number of rotatable bonds is 2. The van der Waals surface area contributed by atoms with Crippen molar-refractivity contribution in [3.8, 4) is 0 Å². The van der Waals surface area contributed by atoms with Gasteiger partial charge in [0, 0.05) is 32.4 Å². The Kier molecular flexibility index (Phi) is 3.03. The van der Waals surface area contributed by atoms with Crippen LogP contribution in [0.15, 0.2) is 18.3 Å². The number of nitrogens with two attached hydrogens (primary N) is 1. The molecular weight excluding hydrogens is 190 g/mol. The monoisotopic (exact) mass is 207 g/mol. The van der Waals surface area contributed by atoms with Crippen molar-refractivity contribution in [2.75, 3.05) is 44.4 Å². The second kappa shape index (κ2) is 4.46. The van der Waals surface area contributed by atoms with Gasteiger partial charge in [-0.25, -0.2) is 9.99 Å². The van der Waals surface area contributed by atoms with Crippen LogP contribution in [-0.2, 0) is 0 Å². The molecule has 1 saturated heterocycles. The van der Waals surface area contributed by atoms with Crippen molar-refractivity contribution in [2.45, 2.75) is 0 Å². The maximum atomic E-state index is 5.80. The minimum absolute atomic E-state index is 0.691. The standard InChI is InChI=1S/C10H17N5/c1-14-5-7-15(8-6-14)13-10-9(11)3-2-4-12-10/h2-4H,5-8,11H2,1H3,(H,12,13). The minimum Gasteiger partial charge on any atom is -0.396 e. The van der Waals surface area contributed by atoms with Gasteiger partial charge in [-0.05, 0) is 19.2 Å². The van der Waals surface area contributed by atoms with E-state index in [1.54, 1.807) is 6.20 Å². The van der Waals surface area contributed by atoms with Gasteiger partial charge < -0.3 is 16.1 Å². The zero-order valence-electron chi connectivity index (χ0n) is 8.98. The van der Waals surface area contributed by atoms with Crippen molar-refractivity contribution in [1.29, 1.82) is 0 Å². The molecule has 2 rings (SSSR count). The van der Waals surface area contributed by atoms with E-state index < -0.39 is 0 Å². The summed E-state index contributed by atoms with van der Waals surface area (Å²) in [5.74, 6) is 0.752. The maximum absolute atomic E-state index is 5.80. The van der Waals surface area contributed by atoms with Crippen LogP contribution < -0.4 is 11.2 Å². The molecule has 0 saturated carbocycles. The fourth-order valence-corrected chi connectivity index (χ4v) is 1.58. The second-order valence-electron chi connectivity index (χ2n) is 3.84. The summed E-state index contributed by atoms with van der Waals surface area (Å²) in [4.78, 5) is 6.51. The molecule has 5 heteroatoms. The molecule has 3 N–H and O–H groups in total. The number of likely N-dealkylation sites (N-methyl/N-ethyl adjacent to an activating group) is 1. The van der Waals surface area contributed by atoms with Gasteiger partial charge in [-0.2, -0.15) is 0 Å². The van der Waals surface area contributed by atoms with E-state index in [1.165, 1.54) is 0 Å². The molecule has 0 aliphatic carbocycles. The molecule has 5 nitrogen and oxygen atoms in total. The lowest BCUT2D eigenvalue weighted by atomic mass is 10.4. The highest BCUT2D eigenvalue weighted by molar-refractivity contribution is 5.59. The normalized spacial score (nSPS) is 19.0. The number of aromatic nitrogens is 1. The number of pyridine rings is 1. The summed E-state index contributed by atoms with van der Waals surface area (Å²) in [5, 5.41) is 2.15. The zero-order chi connectivity index (χ0) is 10.7. The Morgan fingerprint density at radius 3 is 2.73 bits per heavy atom. The summed E-state index contributed by atoms with van der Waals surface area (Å²) in [6.07, 6.45) is 1.74. The molecule has 0 unspecified atom stereocenters. The molecule has 2 heterocycles. The van der Waals surface area contributed by atoms with E-state index in [2.05, 4.69) is 27.4 Å². The van der Waals surface area contributed by atoms with E-state index in [4.69, 9.17) is 5.73 Å². The van der Waals surface area contributed by atoms with Crippen LogP contribution in [0.25, 0.3) is 0 Å². The zero-order valence-corrected chi connectivity index (χ0v) is 8.98. The number of nitrogens with one attached hydrogen (secondary N) is 1. The van der Waals surface area contributed by atoms with Gasteiger partial charge in [0.25, 0.3) is 0 Å². The Labute approximate surface area is 89.8 Å². The smallest absolute Gasteiger partial charge is 0.163 e. The van der Waals surface area contributed by atoms with Crippen molar-refractivity contribution in [1.82, 2.24) is 14.9 Å². The van der Waals surface area contributed by atoms with Crippen LogP contribution >= 0.6 is 0 Å². The first-order valence-electron chi connectivity index (χ1n) is 5.16.